The second-order valence-corrected chi connectivity index (χ2v) is 4.42. The first-order chi connectivity index (χ1) is 6.83. The smallest absolute Gasteiger partial charge is 0.149 e. The standard InChI is InChI=1S/C11H19NO2/c13-8-7-12(9-5-6-9)10-3-1-2-4-11(10)14/h9-10,13H,1-8H2. The summed E-state index contributed by atoms with van der Waals surface area (Å²) < 4.78 is 0. The average molecular weight is 197 g/mol. The molecule has 1 unspecified atom stereocenters. The second-order valence-electron chi connectivity index (χ2n) is 4.42. The van der Waals surface area contributed by atoms with Gasteiger partial charge in [0.1, 0.15) is 5.78 Å². The number of hydrogen-bond acceptors (Lipinski definition) is 3. The molecule has 3 nitrogen and oxygen atoms in total. The molecule has 0 aliphatic heterocycles. The van der Waals surface area contributed by atoms with Crippen LogP contribution in [-0.2, 0) is 4.79 Å². The van der Waals surface area contributed by atoms with Crippen LogP contribution in [0, 0.1) is 0 Å². The zero-order valence-corrected chi connectivity index (χ0v) is 8.61. The molecule has 80 valence electrons. The fraction of sp³-hybridized carbons (Fsp3) is 0.909. The summed E-state index contributed by atoms with van der Waals surface area (Å²) in [5.41, 5.74) is 0. The molecule has 0 radical (unpaired) electrons. The maximum absolute atomic E-state index is 11.7. The highest BCUT2D eigenvalue weighted by atomic mass is 16.3. The van der Waals surface area contributed by atoms with Gasteiger partial charge >= 0.3 is 0 Å². The van der Waals surface area contributed by atoms with Crippen molar-refractivity contribution in [2.75, 3.05) is 13.2 Å². The van der Waals surface area contributed by atoms with Gasteiger partial charge in [0.05, 0.1) is 12.6 Å². The molecule has 1 N–H and O–H groups in total. The Morgan fingerprint density at radius 3 is 2.64 bits per heavy atom. The first kappa shape index (κ1) is 10.1. The van der Waals surface area contributed by atoms with Gasteiger partial charge in [0, 0.05) is 19.0 Å². The van der Waals surface area contributed by atoms with E-state index in [2.05, 4.69) is 4.90 Å². The predicted molar refractivity (Wildman–Crippen MR) is 54.1 cm³/mol. The third-order valence-corrected chi connectivity index (χ3v) is 3.30. The van der Waals surface area contributed by atoms with E-state index in [-0.39, 0.29) is 12.6 Å². The Morgan fingerprint density at radius 1 is 1.29 bits per heavy atom. The molecule has 0 bridgehead atoms. The molecule has 14 heavy (non-hydrogen) atoms. The number of carbonyl (C=O) groups is 1. The fourth-order valence-electron chi connectivity index (χ4n) is 2.43. The Labute approximate surface area is 85.1 Å². The Morgan fingerprint density at radius 2 is 2.07 bits per heavy atom. The van der Waals surface area contributed by atoms with Crippen molar-refractivity contribution in [1.82, 2.24) is 4.90 Å². The number of hydrogen-bond donors (Lipinski definition) is 1. The predicted octanol–water partition coefficient (Wildman–Crippen LogP) is 0.955. The minimum absolute atomic E-state index is 0.128. The summed E-state index contributed by atoms with van der Waals surface area (Å²) in [7, 11) is 0. The largest absolute Gasteiger partial charge is 0.395 e. The van der Waals surface area contributed by atoms with Gasteiger partial charge in [0.15, 0.2) is 0 Å². The highest BCUT2D eigenvalue weighted by Crippen LogP contribution is 2.31. The van der Waals surface area contributed by atoms with Gasteiger partial charge in [-0.1, -0.05) is 6.42 Å². The van der Waals surface area contributed by atoms with Crippen molar-refractivity contribution in [2.45, 2.75) is 50.6 Å². The van der Waals surface area contributed by atoms with Gasteiger partial charge in [-0.15, -0.1) is 0 Å². The molecule has 0 spiro atoms. The Hall–Kier alpha value is -0.410. The van der Waals surface area contributed by atoms with Crippen LogP contribution in [0.2, 0.25) is 0 Å². The van der Waals surface area contributed by atoms with Gasteiger partial charge in [0.25, 0.3) is 0 Å². The average Bonchev–Trinajstić information content (AvgIpc) is 2.99. The molecule has 0 heterocycles. The first-order valence-corrected chi connectivity index (χ1v) is 5.72. The van der Waals surface area contributed by atoms with E-state index in [9.17, 15) is 4.79 Å². The molecule has 2 aliphatic rings. The summed E-state index contributed by atoms with van der Waals surface area (Å²) in [5.74, 6) is 0.400. The number of rotatable bonds is 4. The Balaban J connectivity index is 1.96. The van der Waals surface area contributed by atoms with Gasteiger partial charge in [-0.25, -0.2) is 0 Å². The first-order valence-electron chi connectivity index (χ1n) is 5.72. The van der Waals surface area contributed by atoms with Crippen LogP contribution >= 0.6 is 0 Å². The topological polar surface area (TPSA) is 40.5 Å². The van der Waals surface area contributed by atoms with E-state index in [1.54, 1.807) is 0 Å². The molecular weight excluding hydrogens is 178 g/mol. The zero-order chi connectivity index (χ0) is 9.97. The quantitative estimate of drug-likeness (QED) is 0.729. The van der Waals surface area contributed by atoms with E-state index in [4.69, 9.17) is 5.11 Å². The van der Waals surface area contributed by atoms with Crippen LogP contribution in [0.1, 0.15) is 38.5 Å². The minimum Gasteiger partial charge on any atom is -0.395 e. The SMILES string of the molecule is O=C1CCCCC1N(CCO)C1CC1. The van der Waals surface area contributed by atoms with Gasteiger partial charge in [0.2, 0.25) is 0 Å². The van der Waals surface area contributed by atoms with Crippen LogP contribution in [0.25, 0.3) is 0 Å². The summed E-state index contributed by atoms with van der Waals surface area (Å²) in [6.07, 6.45) is 6.42. The third kappa shape index (κ3) is 2.15. The Kier molecular flexibility index (Phi) is 3.19. The number of nitrogens with zero attached hydrogens (tertiary/aromatic N) is 1. The lowest BCUT2D eigenvalue weighted by molar-refractivity contribution is -0.126. The summed E-state index contributed by atoms with van der Waals surface area (Å²) in [6, 6.07) is 0.720. The maximum Gasteiger partial charge on any atom is 0.149 e. The molecule has 0 aromatic rings. The lowest BCUT2D eigenvalue weighted by Crippen LogP contribution is -2.45. The molecular formula is C11H19NO2. The van der Waals surface area contributed by atoms with E-state index in [1.165, 1.54) is 19.3 Å². The van der Waals surface area contributed by atoms with E-state index in [0.717, 1.165) is 19.3 Å². The molecule has 0 aromatic carbocycles. The van der Waals surface area contributed by atoms with E-state index in [1.807, 2.05) is 0 Å². The van der Waals surface area contributed by atoms with Crippen LogP contribution in [0.4, 0.5) is 0 Å². The van der Waals surface area contributed by atoms with Gasteiger partial charge in [-0.3, -0.25) is 9.69 Å². The normalized spacial score (nSPS) is 28.4. The lowest BCUT2D eigenvalue weighted by atomic mass is 9.92. The fourth-order valence-corrected chi connectivity index (χ4v) is 2.43. The summed E-state index contributed by atoms with van der Waals surface area (Å²) in [6.45, 7) is 0.862. The van der Waals surface area contributed by atoms with Crippen molar-refractivity contribution >= 4 is 5.78 Å². The molecule has 2 aliphatic carbocycles. The van der Waals surface area contributed by atoms with Crippen molar-refractivity contribution in [3.63, 3.8) is 0 Å². The molecule has 3 heteroatoms. The maximum atomic E-state index is 11.7. The summed E-state index contributed by atoms with van der Waals surface area (Å²) in [5, 5.41) is 8.98. The molecule has 0 aromatic heterocycles. The highest BCUT2D eigenvalue weighted by Gasteiger charge is 2.37. The zero-order valence-electron chi connectivity index (χ0n) is 8.61. The number of Topliss-reactive ketones (excluding diaryl/α,β-unsaturated/α-hetero) is 1. The minimum atomic E-state index is 0.128. The van der Waals surface area contributed by atoms with Crippen molar-refractivity contribution in [2.24, 2.45) is 0 Å². The van der Waals surface area contributed by atoms with E-state index < -0.39 is 0 Å². The van der Waals surface area contributed by atoms with E-state index in [0.29, 0.717) is 18.4 Å². The van der Waals surface area contributed by atoms with Crippen LogP contribution in [0.3, 0.4) is 0 Å². The van der Waals surface area contributed by atoms with Gasteiger partial charge in [-0.2, -0.15) is 0 Å². The summed E-state index contributed by atoms with van der Waals surface area (Å²) >= 11 is 0. The molecule has 0 amide bonds. The lowest BCUT2D eigenvalue weighted by Gasteiger charge is -2.32. The molecule has 2 saturated carbocycles. The number of carbonyl (C=O) groups excluding carboxylic acids is 1. The second kappa shape index (κ2) is 4.41. The number of ketones is 1. The third-order valence-electron chi connectivity index (χ3n) is 3.30. The van der Waals surface area contributed by atoms with E-state index >= 15 is 0 Å². The van der Waals surface area contributed by atoms with Crippen molar-refractivity contribution < 1.29 is 9.90 Å². The van der Waals surface area contributed by atoms with Crippen molar-refractivity contribution in [3.05, 3.63) is 0 Å². The highest BCUT2D eigenvalue weighted by molar-refractivity contribution is 5.84. The summed E-state index contributed by atoms with van der Waals surface area (Å²) in [4.78, 5) is 14.0. The molecule has 2 rings (SSSR count). The van der Waals surface area contributed by atoms with Crippen LogP contribution < -0.4 is 0 Å². The van der Waals surface area contributed by atoms with Crippen molar-refractivity contribution in [3.8, 4) is 0 Å². The number of aliphatic hydroxyl groups is 1. The van der Waals surface area contributed by atoms with Crippen LogP contribution in [0.5, 0.6) is 0 Å². The van der Waals surface area contributed by atoms with Gasteiger partial charge in [-0.05, 0) is 25.7 Å². The molecule has 1 atom stereocenters. The van der Waals surface area contributed by atoms with Crippen molar-refractivity contribution in [1.29, 1.82) is 0 Å². The molecule has 0 saturated heterocycles. The molecule has 2 fully saturated rings. The van der Waals surface area contributed by atoms with Crippen LogP contribution in [0.15, 0.2) is 0 Å². The van der Waals surface area contributed by atoms with Gasteiger partial charge < -0.3 is 5.11 Å². The van der Waals surface area contributed by atoms with Crippen LogP contribution in [-0.4, -0.2) is 41.0 Å². The number of aliphatic hydroxyl groups excluding tert-OH is 1. The Bertz CT molecular complexity index is 213. The monoisotopic (exact) mass is 197 g/mol.